The maximum absolute atomic E-state index is 8.63. The molecule has 3 N–H and O–H groups in total. The molecule has 3 nitrogen and oxygen atoms in total. The Morgan fingerprint density at radius 3 is 1.42 bits per heavy atom. The molecule has 0 aromatic carbocycles. The highest BCUT2D eigenvalue weighted by Gasteiger charge is 2.18. The lowest BCUT2D eigenvalue weighted by atomic mass is 9.88. The normalized spacial score (nSPS) is 14.4. The average molecular weight is 278 g/mol. The Hall–Kier alpha value is -0.120. The molecular weight excluding hydrogens is 240 g/mol. The lowest BCUT2D eigenvalue weighted by molar-refractivity contribution is 0.0670. The monoisotopic (exact) mass is 278 g/mol. The third-order valence-corrected chi connectivity index (χ3v) is 3.38. The standard InChI is InChI=1S/C6H14O2.C5H10.C4H10O.CH4/c1-3-6(2,4-7)5-8;1-5-3-2-4-5;1-4(2)3-5;/h7-8H,3-5H2,1-2H3;5H,2-4H2,1H3;4-5H,3H2,1-2H3;1H4. The summed E-state index contributed by atoms with van der Waals surface area (Å²) in [7, 11) is 0. The van der Waals surface area contributed by atoms with E-state index in [1.165, 1.54) is 19.3 Å². The molecule has 3 heteroatoms. The summed E-state index contributed by atoms with van der Waals surface area (Å²) in [6, 6.07) is 0. The van der Waals surface area contributed by atoms with Crippen molar-refractivity contribution in [2.75, 3.05) is 19.8 Å². The Morgan fingerprint density at radius 2 is 1.42 bits per heavy atom. The minimum atomic E-state index is -0.264. The molecular formula is C16H38O3. The molecule has 0 unspecified atom stereocenters. The SMILES string of the molecule is C.CC(C)CO.CC1CCC1.CCC(C)(CO)CO. The topological polar surface area (TPSA) is 60.7 Å². The van der Waals surface area contributed by atoms with Crippen LogP contribution in [-0.4, -0.2) is 35.1 Å². The molecule has 0 heterocycles. The van der Waals surface area contributed by atoms with Gasteiger partial charge in [-0.1, -0.05) is 61.3 Å². The molecule has 1 saturated carbocycles. The summed E-state index contributed by atoms with van der Waals surface area (Å²) in [4.78, 5) is 0. The summed E-state index contributed by atoms with van der Waals surface area (Å²) >= 11 is 0. The molecule has 1 aliphatic rings. The fourth-order valence-corrected chi connectivity index (χ4v) is 0.886. The van der Waals surface area contributed by atoms with Crippen molar-refractivity contribution in [1.82, 2.24) is 0 Å². The van der Waals surface area contributed by atoms with Crippen molar-refractivity contribution < 1.29 is 15.3 Å². The van der Waals surface area contributed by atoms with Crippen LogP contribution >= 0.6 is 0 Å². The maximum atomic E-state index is 8.63. The largest absolute Gasteiger partial charge is 0.396 e. The van der Waals surface area contributed by atoms with Crippen LogP contribution in [0.15, 0.2) is 0 Å². The summed E-state index contributed by atoms with van der Waals surface area (Å²) in [6.45, 7) is 10.5. The second kappa shape index (κ2) is 14.3. The summed E-state index contributed by atoms with van der Waals surface area (Å²) in [5.41, 5.74) is -0.264. The molecule has 120 valence electrons. The second-order valence-corrected chi connectivity index (χ2v) is 6.09. The van der Waals surface area contributed by atoms with Crippen LogP contribution in [0.3, 0.4) is 0 Å². The van der Waals surface area contributed by atoms with Crippen LogP contribution in [0.5, 0.6) is 0 Å². The summed E-state index contributed by atoms with van der Waals surface area (Å²) < 4.78 is 0. The summed E-state index contributed by atoms with van der Waals surface area (Å²) in [5.74, 6) is 1.50. The molecule has 0 atom stereocenters. The van der Waals surface area contributed by atoms with Gasteiger partial charge < -0.3 is 15.3 Å². The molecule has 1 aliphatic carbocycles. The van der Waals surface area contributed by atoms with Gasteiger partial charge in [0, 0.05) is 12.0 Å². The third kappa shape index (κ3) is 15.8. The van der Waals surface area contributed by atoms with Crippen molar-refractivity contribution in [2.45, 2.75) is 67.7 Å². The average Bonchev–Trinajstić information content (AvgIpc) is 2.36. The molecule has 1 fully saturated rings. The highest BCUT2D eigenvalue weighted by Crippen LogP contribution is 2.24. The Kier molecular flexibility index (Phi) is 18.0. The van der Waals surface area contributed by atoms with Crippen LogP contribution in [0.2, 0.25) is 0 Å². The summed E-state index contributed by atoms with van der Waals surface area (Å²) in [6.07, 6.45) is 5.28. The van der Waals surface area contributed by atoms with Crippen molar-refractivity contribution in [3.63, 3.8) is 0 Å². The van der Waals surface area contributed by atoms with E-state index in [0.29, 0.717) is 12.5 Å². The van der Waals surface area contributed by atoms with E-state index in [4.69, 9.17) is 15.3 Å². The quantitative estimate of drug-likeness (QED) is 0.738. The van der Waals surface area contributed by atoms with Crippen LogP contribution in [-0.2, 0) is 0 Å². The van der Waals surface area contributed by atoms with Crippen LogP contribution in [0.1, 0.15) is 67.7 Å². The summed E-state index contributed by atoms with van der Waals surface area (Å²) in [5, 5.41) is 25.4. The number of rotatable bonds is 4. The van der Waals surface area contributed by atoms with Gasteiger partial charge in [-0.05, 0) is 18.3 Å². The van der Waals surface area contributed by atoms with Gasteiger partial charge in [-0.3, -0.25) is 0 Å². The van der Waals surface area contributed by atoms with E-state index < -0.39 is 0 Å². The molecule has 0 saturated heterocycles. The van der Waals surface area contributed by atoms with Gasteiger partial charge in [0.1, 0.15) is 0 Å². The number of aliphatic hydroxyl groups is 3. The number of hydrogen-bond acceptors (Lipinski definition) is 3. The molecule has 19 heavy (non-hydrogen) atoms. The van der Waals surface area contributed by atoms with Crippen molar-refractivity contribution in [3.8, 4) is 0 Å². The van der Waals surface area contributed by atoms with Crippen LogP contribution in [0, 0.1) is 17.3 Å². The van der Waals surface area contributed by atoms with Crippen molar-refractivity contribution in [1.29, 1.82) is 0 Å². The Labute approximate surface area is 121 Å². The van der Waals surface area contributed by atoms with E-state index in [1.54, 1.807) is 0 Å². The van der Waals surface area contributed by atoms with Gasteiger partial charge in [0.05, 0.1) is 13.2 Å². The molecule has 0 aromatic rings. The molecule has 0 spiro atoms. The van der Waals surface area contributed by atoms with Gasteiger partial charge in [0.15, 0.2) is 0 Å². The second-order valence-electron chi connectivity index (χ2n) is 6.09. The van der Waals surface area contributed by atoms with Crippen molar-refractivity contribution >= 4 is 0 Å². The number of aliphatic hydroxyl groups excluding tert-OH is 3. The zero-order valence-electron chi connectivity index (χ0n) is 12.9. The first kappa shape index (κ1) is 23.9. The molecule has 1 rings (SSSR count). The van der Waals surface area contributed by atoms with E-state index in [2.05, 4.69) is 6.92 Å². The fourth-order valence-electron chi connectivity index (χ4n) is 0.886. The Bertz CT molecular complexity index is 149. The predicted molar refractivity (Wildman–Crippen MR) is 84.2 cm³/mol. The van der Waals surface area contributed by atoms with Gasteiger partial charge >= 0.3 is 0 Å². The highest BCUT2D eigenvalue weighted by atomic mass is 16.3. The first-order valence-corrected chi connectivity index (χ1v) is 7.17. The van der Waals surface area contributed by atoms with Crippen LogP contribution < -0.4 is 0 Å². The fraction of sp³-hybridized carbons (Fsp3) is 1.00. The molecule has 0 radical (unpaired) electrons. The van der Waals surface area contributed by atoms with Gasteiger partial charge in [0.25, 0.3) is 0 Å². The third-order valence-electron chi connectivity index (χ3n) is 3.38. The van der Waals surface area contributed by atoms with Gasteiger partial charge in [-0.2, -0.15) is 0 Å². The zero-order valence-corrected chi connectivity index (χ0v) is 12.9. The van der Waals surface area contributed by atoms with E-state index in [-0.39, 0.29) is 26.1 Å². The smallest absolute Gasteiger partial charge is 0.0506 e. The zero-order chi connectivity index (χ0) is 14.6. The minimum Gasteiger partial charge on any atom is -0.396 e. The maximum Gasteiger partial charge on any atom is 0.0506 e. The van der Waals surface area contributed by atoms with Gasteiger partial charge in [0.2, 0.25) is 0 Å². The lowest BCUT2D eigenvalue weighted by Gasteiger charge is -2.21. The van der Waals surface area contributed by atoms with E-state index in [0.717, 1.165) is 12.3 Å². The lowest BCUT2D eigenvalue weighted by Crippen LogP contribution is -2.24. The van der Waals surface area contributed by atoms with Crippen molar-refractivity contribution in [2.24, 2.45) is 17.3 Å². The molecule has 0 aromatic heterocycles. The predicted octanol–water partition coefficient (Wildman–Crippen LogP) is 3.46. The first-order valence-electron chi connectivity index (χ1n) is 7.17. The van der Waals surface area contributed by atoms with E-state index in [1.807, 2.05) is 27.7 Å². The Morgan fingerprint density at radius 1 is 1.11 bits per heavy atom. The molecule has 0 bridgehead atoms. The Balaban J connectivity index is -0.000000205. The van der Waals surface area contributed by atoms with Gasteiger partial charge in [-0.25, -0.2) is 0 Å². The van der Waals surface area contributed by atoms with E-state index >= 15 is 0 Å². The molecule has 0 aliphatic heterocycles. The van der Waals surface area contributed by atoms with Gasteiger partial charge in [-0.15, -0.1) is 0 Å². The van der Waals surface area contributed by atoms with Crippen LogP contribution in [0.25, 0.3) is 0 Å². The molecule has 0 amide bonds. The first-order chi connectivity index (χ1) is 8.35. The van der Waals surface area contributed by atoms with Crippen LogP contribution in [0.4, 0.5) is 0 Å². The number of hydrogen-bond donors (Lipinski definition) is 3. The highest BCUT2D eigenvalue weighted by molar-refractivity contribution is 4.68. The van der Waals surface area contributed by atoms with E-state index in [9.17, 15) is 0 Å². The van der Waals surface area contributed by atoms with Crippen molar-refractivity contribution in [3.05, 3.63) is 0 Å². The minimum absolute atomic E-state index is 0.